The third kappa shape index (κ3) is 4.34. The van der Waals surface area contributed by atoms with E-state index in [1.165, 1.54) is 6.21 Å². The molecule has 0 aliphatic rings. The number of imidazole rings is 1. The molecule has 0 aliphatic carbocycles. The summed E-state index contributed by atoms with van der Waals surface area (Å²) in [6.07, 6.45) is 1.53. The predicted molar refractivity (Wildman–Crippen MR) is 119 cm³/mol. The number of halogens is 1. The molecule has 2 N–H and O–H groups in total. The number of carbonyl (C=O) groups excluding carboxylic acids is 1. The number of aromatic amines is 1. The molecule has 0 unspecified atom stereocenters. The van der Waals surface area contributed by atoms with Crippen LogP contribution in [0, 0.1) is 0 Å². The Bertz CT molecular complexity index is 1220. The molecule has 0 radical (unpaired) electrons. The van der Waals surface area contributed by atoms with E-state index in [4.69, 9.17) is 16.3 Å². The Labute approximate surface area is 178 Å². The van der Waals surface area contributed by atoms with Crippen molar-refractivity contribution in [2.24, 2.45) is 5.10 Å². The molecule has 30 heavy (non-hydrogen) atoms. The highest BCUT2D eigenvalue weighted by molar-refractivity contribution is 6.32. The van der Waals surface area contributed by atoms with Crippen LogP contribution in [0.15, 0.2) is 71.8 Å². The minimum Gasteiger partial charge on any atom is -0.492 e. The lowest BCUT2D eigenvalue weighted by molar-refractivity contribution is 0.0955. The summed E-state index contributed by atoms with van der Waals surface area (Å²) in [7, 11) is 0. The molecule has 0 saturated heterocycles. The highest BCUT2D eigenvalue weighted by Gasteiger charge is 2.09. The van der Waals surface area contributed by atoms with Crippen LogP contribution in [0.3, 0.4) is 0 Å². The number of nitrogens with one attached hydrogen (secondary N) is 2. The summed E-state index contributed by atoms with van der Waals surface area (Å²) in [5.41, 5.74) is 6.32. The Balaban J connectivity index is 1.47. The Hall–Kier alpha value is -3.64. The number of benzene rings is 3. The quantitative estimate of drug-likeness (QED) is 0.340. The molecule has 4 aromatic rings. The van der Waals surface area contributed by atoms with Crippen molar-refractivity contribution in [3.63, 3.8) is 0 Å². The van der Waals surface area contributed by atoms with Crippen LogP contribution in [-0.2, 0) is 0 Å². The number of carbonyl (C=O) groups is 1. The number of H-pyrrole nitrogens is 1. The molecule has 1 amide bonds. The van der Waals surface area contributed by atoms with Crippen molar-refractivity contribution in [3.8, 4) is 17.1 Å². The normalized spacial score (nSPS) is 11.1. The summed E-state index contributed by atoms with van der Waals surface area (Å²) in [6.45, 7) is 2.43. The van der Waals surface area contributed by atoms with Crippen LogP contribution in [0.1, 0.15) is 22.8 Å². The number of hydrazone groups is 1. The van der Waals surface area contributed by atoms with Crippen LogP contribution in [0.5, 0.6) is 5.75 Å². The van der Waals surface area contributed by atoms with E-state index in [1.807, 2.05) is 49.4 Å². The summed E-state index contributed by atoms with van der Waals surface area (Å²) in [4.78, 5) is 20.3. The van der Waals surface area contributed by atoms with Gasteiger partial charge in [0.25, 0.3) is 5.91 Å². The Morgan fingerprint density at radius 2 is 2.00 bits per heavy atom. The van der Waals surface area contributed by atoms with Gasteiger partial charge in [-0.1, -0.05) is 41.9 Å². The maximum atomic E-state index is 12.5. The van der Waals surface area contributed by atoms with Crippen molar-refractivity contribution in [2.45, 2.75) is 6.92 Å². The zero-order chi connectivity index (χ0) is 20.9. The summed E-state index contributed by atoms with van der Waals surface area (Å²) >= 11 is 6.16. The van der Waals surface area contributed by atoms with Crippen LogP contribution in [0.2, 0.25) is 5.02 Å². The molecule has 0 bridgehead atoms. The molecular weight excluding hydrogens is 400 g/mol. The molecule has 0 fully saturated rings. The minimum absolute atomic E-state index is 0.318. The maximum Gasteiger partial charge on any atom is 0.271 e. The van der Waals surface area contributed by atoms with Gasteiger partial charge in [0.1, 0.15) is 11.6 Å². The molecule has 6 nitrogen and oxygen atoms in total. The Kier molecular flexibility index (Phi) is 5.77. The number of amides is 1. The summed E-state index contributed by atoms with van der Waals surface area (Å²) in [5.74, 6) is 1.05. The molecule has 0 spiro atoms. The monoisotopic (exact) mass is 418 g/mol. The first-order valence-electron chi connectivity index (χ1n) is 9.45. The van der Waals surface area contributed by atoms with E-state index in [1.54, 1.807) is 24.3 Å². The van der Waals surface area contributed by atoms with Gasteiger partial charge in [0.15, 0.2) is 0 Å². The predicted octanol–water partition coefficient (Wildman–Crippen LogP) is 5.05. The van der Waals surface area contributed by atoms with Crippen molar-refractivity contribution < 1.29 is 9.53 Å². The van der Waals surface area contributed by atoms with Gasteiger partial charge in [0, 0.05) is 11.1 Å². The first kappa shape index (κ1) is 19.7. The van der Waals surface area contributed by atoms with Crippen LogP contribution < -0.4 is 10.2 Å². The van der Waals surface area contributed by atoms with Crippen molar-refractivity contribution in [1.82, 2.24) is 15.4 Å². The minimum atomic E-state index is -0.318. The molecular formula is C23H19ClN4O2. The largest absolute Gasteiger partial charge is 0.492 e. The molecule has 1 heterocycles. The van der Waals surface area contributed by atoms with E-state index < -0.39 is 0 Å². The molecule has 4 rings (SSSR count). The number of aromatic nitrogens is 2. The molecule has 0 atom stereocenters. The topological polar surface area (TPSA) is 79.4 Å². The van der Waals surface area contributed by atoms with Crippen LogP contribution in [-0.4, -0.2) is 28.7 Å². The highest BCUT2D eigenvalue weighted by Crippen LogP contribution is 2.25. The van der Waals surface area contributed by atoms with E-state index in [0.29, 0.717) is 22.9 Å². The average molecular weight is 419 g/mol. The second-order valence-electron chi connectivity index (χ2n) is 6.51. The van der Waals surface area contributed by atoms with Gasteiger partial charge < -0.3 is 9.72 Å². The van der Waals surface area contributed by atoms with E-state index in [-0.39, 0.29) is 5.91 Å². The van der Waals surface area contributed by atoms with E-state index >= 15 is 0 Å². The van der Waals surface area contributed by atoms with Crippen LogP contribution in [0.4, 0.5) is 0 Å². The first-order chi connectivity index (χ1) is 14.6. The number of hydrogen-bond acceptors (Lipinski definition) is 4. The van der Waals surface area contributed by atoms with Crippen molar-refractivity contribution in [1.29, 1.82) is 0 Å². The van der Waals surface area contributed by atoms with Crippen molar-refractivity contribution in [2.75, 3.05) is 6.61 Å². The average Bonchev–Trinajstić information content (AvgIpc) is 3.20. The van der Waals surface area contributed by atoms with Gasteiger partial charge in [0.2, 0.25) is 0 Å². The second kappa shape index (κ2) is 8.80. The zero-order valence-corrected chi connectivity index (χ0v) is 17.0. The SMILES string of the molecule is CCOc1ccc(/C=N/NC(=O)c2ccc3nc(-c4ccccc4)[nH]c3c2)cc1Cl. The molecule has 150 valence electrons. The number of nitrogens with zero attached hydrogens (tertiary/aromatic N) is 2. The lowest BCUT2D eigenvalue weighted by Crippen LogP contribution is -2.17. The number of hydrogen-bond donors (Lipinski definition) is 2. The van der Waals surface area contributed by atoms with Crippen LogP contribution >= 0.6 is 11.6 Å². The van der Waals surface area contributed by atoms with Crippen molar-refractivity contribution >= 4 is 34.8 Å². The summed E-state index contributed by atoms with van der Waals surface area (Å²) in [5, 5.41) is 4.51. The number of ether oxygens (including phenoxy) is 1. The van der Waals surface area contributed by atoms with Gasteiger partial charge in [-0.2, -0.15) is 5.10 Å². The van der Waals surface area contributed by atoms with Crippen molar-refractivity contribution in [3.05, 3.63) is 82.9 Å². The fourth-order valence-corrected chi connectivity index (χ4v) is 3.23. The third-order valence-electron chi connectivity index (χ3n) is 4.43. The summed E-state index contributed by atoms with van der Waals surface area (Å²) < 4.78 is 5.40. The van der Waals surface area contributed by atoms with Gasteiger partial charge in [-0.3, -0.25) is 4.79 Å². The maximum absolute atomic E-state index is 12.5. The molecule has 0 aliphatic heterocycles. The second-order valence-corrected chi connectivity index (χ2v) is 6.91. The lowest BCUT2D eigenvalue weighted by Gasteiger charge is -2.05. The van der Waals surface area contributed by atoms with E-state index in [0.717, 1.165) is 28.0 Å². The first-order valence-corrected chi connectivity index (χ1v) is 9.83. The molecule has 7 heteroatoms. The van der Waals surface area contributed by atoms with Gasteiger partial charge in [-0.15, -0.1) is 0 Å². The number of rotatable bonds is 6. The van der Waals surface area contributed by atoms with Gasteiger partial charge in [-0.05, 0) is 48.9 Å². The summed E-state index contributed by atoms with van der Waals surface area (Å²) in [6, 6.07) is 20.4. The molecule has 1 aromatic heterocycles. The molecule has 0 saturated carbocycles. The highest BCUT2D eigenvalue weighted by atomic mass is 35.5. The zero-order valence-electron chi connectivity index (χ0n) is 16.2. The number of fused-ring (bicyclic) bond motifs is 1. The van der Waals surface area contributed by atoms with Crippen LogP contribution in [0.25, 0.3) is 22.4 Å². The molecule has 3 aromatic carbocycles. The van der Waals surface area contributed by atoms with E-state index in [2.05, 4.69) is 20.5 Å². The third-order valence-corrected chi connectivity index (χ3v) is 4.72. The standard InChI is InChI=1S/C23H19ClN4O2/c1-2-30-21-11-8-15(12-18(21)24)14-25-28-23(29)17-9-10-19-20(13-17)27-22(26-19)16-6-4-3-5-7-16/h3-14H,2H2,1H3,(H,26,27)(H,28,29)/b25-14+. The van der Waals surface area contributed by atoms with Gasteiger partial charge in [-0.25, -0.2) is 10.4 Å². The van der Waals surface area contributed by atoms with E-state index in [9.17, 15) is 4.79 Å². The fraction of sp³-hybridized carbons (Fsp3) is 0.0870. The lowest BCUT2D eigenvalue weighted by atomic mass is 10.2. The fourth-order valence-electron chi connectivity index (χ4n) is 2.98. The Morgan fingerprint density at radius 1 is 1.17 bits per heavy atom. The van der Waals surface area contributed by atoms with Gasteiger partial charge in [0.05, 0.1) is 28.9 Å². The smallest absolute Gasteiger partial charge is 0.271 e. The van der Waals surface area contributed by atoms with Gasteiger partial charge >= 0.3 is 0 Å². The Morgan fingerprint density at radius 3 is 2.77 bits per heavy atom.